The maximum Gasteiger partial charge on any atom is 0.301 e. The highest BCUT2D eigenvalue weighted by atomic mass is 32.2. The number of carbonyl (C=O) groups excluding carboxylic acids is 1. The van der Waals surface area contributed by atoms with Gasteiger partial charge in [0.2, 0.25) is 0 Å². The second kappa shape index (κ2) is 6.57. The van der Waals surface area contributed by atoms with E-state index in [0.717, 1.165) is 23.5 Å². The van der Waals surface area contributed by atoms with Crippen LogP contribution in [-0.4, -0.2) is 23.4 Å². The summed E-state index contributed by atoms with van der Waals surface area (Å²) in [5, 5.41) is 8.61. The van der Waals surface area contributed by atoms with Crippen molar-refractivity contribution in [3.8, 4) is 0 Å². The van der Waals surface area contributed by atoms with E-state index in [1.807, 2.05) is 11.5 Å². The molecule has 1 aromatic rings. The lowest BCUT2D eigenvalue weighted by molar-refractivity contribution is 0.0923. The molecular formula is C10H16N2O3S. The first-order valence-corrected chi connectivity index (χ1v) is 6.13. The number of furan rings is 1. The lowest BCUT2D eigenvalue weighted by Crippen LogP contribution is -2.30. The maximum atomic E-state index is 11.3. The fourth-order valence-electron chi connectivity index (χ4n) is 1.25. The third-order valence-corrected chi connectivity index (χ3v) is 3.06. The SMILES string of the molecule is Cc1cc(CSCCCO)oc1C(=O)NN. The highest BCUT2D eigenvalue weighted by Crippen LogP contribution is 2.19. The van der Waals surface area contributed by atoms with E-state index in [0.29, 0.717) is 5.75 Å². The molecule has 0 aromatic carbocycles. The summed E-state index contributed by atoms with van der Waals surface area (Å²) < 4.78 is 5.37. The Hall–Kier alpha value is -0.980. The number of aliphatic hydroxyl groups excluding tert-OH is 1. The summed E-state index contributed by atoms with van der Waals surface area (Å²) in [4.78, 5) is 11.3. The number of hydrogen-bond acceptors (Lipinski definition) is 5. The third kappa shape index (κ3) is 3.55. The summed E-state index contributed by atoms with van der Waals surface area (Å²) >= 11 is 1.66. The maximum absolute atomic E-state index is 11.3. The van der Waals surface area contributed by atoms with E-state index in [2.05, 4.69) is 0 Å². The van der Waals surface area contributed by atoms with Crippen molar-refractivity contribution in [2.45, 2.75) is 19.1 Å². The number of hydrazine groups is 1. The Bertz CT molecular complexity index is 352. The fraction of sp³-hybridized carbons (Fsp3) is 0.500. The molecule has 0 aliphatic carbocycles. The molecule has 0 aliphatic rings. The van der Waals surface area contributed by atoms with Crippen LogP contribution in [-0.2, 0) is 5.75 Å². The summed E-state index contributed by atoms with van der Waals surface area (Å²) in [5.41, 5.74) is 2.82. The summed E-state index contributed by atoms with van der Waals surface area (Å²) in [5.74, 6) is 7.19. The zero-order valence-electron chi connectivity index (χ0n) is 9.16. The van der Waals surface area contributed by atoms with Gasteiger partial charge >= 0.3 is 5.91 Å². The molecule has 1 rings (SSSR count). The normalized spacial score (nSPS) is 10.4. The third-order valence-electron chi connectivity index (χ3n) is 2.00. The molecule has 0 spiro atoms. The van der Waals surface area contributed by atoms with E-state index in [9.17, 15) is 4.79 Å². The Kier molecular flexibility index (Phi) is 5.37. The summed E-state index contributed by atoms with van der Waals surface area (Å²) in [7, 11) is 0. The predicted octanol–water partition coefficient (Wildman–Crippen LogP) is 0.807. The molecule has 0 saturated carbocycles. The van der Waals surface area contributed by atoms with Gasteiger partial charge in [0.1, 0.15) is 5.76 Å². The Labute approximate surface area is 98.4 Å². The highest BCUT2D eigenvalue weighted by Gasteiger charge is 2.14. The van der Waals surface area contributed by atoms with Crippen LogP contribution in [0.15, 0.2) is 10.5 Å². The van der Waals surface area contributed by atoms with Gasteiger partial charge in [-0.3, -0.25) is 10.2 Å². The number of aliphatic hydroxyl groups is 1. The van der Waals surface area contributed by atoms with Crippen LogP contribution in [0.4, 0.5) is 0 Å². The van der Waals surface area contributed by atoms with Crippen LogP contribution < -0.4 is 11.3 Å². The van der Waals surface area contributed by atoms with Gasteiger partial charge in [-0.2, -0.15) is 11.8 Å². The standard InChI is InChI=1S/C10H16N2O3S/c1-7-5-8(6-16-4-2-3-13)15-9(7)10(14)12-11/h5,13H,2-4,6,11H2,1H3,(H,12,14). The van der Waals surface area contributed by atoms with Crippen LogP contribution in [0.5, 0.6) is 0 Å². The number of rotatable bonds is 6. The monoisotopic (exact) mass is 244 g/mol. The van der Waals surface area contributed by atoms with Crippen LogP contribution in [0.25, 0.3) is 0 Å². The van der Waals surface area contributed by atoms with Crippen molar-refractivity contribution in [2.75, 3.05) is 12.4 Å². The minimum Gasteiger partial charge on any atom is -0.455 e. The second-order valence-electron chi connectivity index (χ2n) is 3.33. The van der Waals surface area contributed by atoms with Crippen molar-refractivity contribution in [2.24, 2.45) is 5.84 Å². The molecule has 16 heavy (non-hydrogen) atoms. The van der Waals surface area contributed by atoms with Gasteiger partial charge in [-0.25, -0.2) is 5.84 Å². The Morgan fingerprint density at radius 1 is 1.69 bits per heavy atom. The molecule has 0 aliphatic heterocycles. The van der Waals surface area contributed by atoms with Gasteiger partial charge in [-0.15, -0.1) is 0 Å². The van der Waals surface area contributed by atoms with E-state index < -0.39 is 5.91 Å². The molecule has 1 amide bonds. The Morgan fingerprint density at radius 3 is 3.06 bits per heavy atom. The Morgan fingerprint density at radius 2 is 2.44 bits per heavy atom. The minimum atomic E-state index is -0.413. The predicted molar refractivity (Wildman–Crippen MR) is 63.0 cm³/mol. The lowest BCUT2D eigenvalue weighted by Gasteiger charge is -1.97. The second-order valence-corrected chi connectivity index (χ2v) is 4.43. The fourth-order valence-corrected chi connectivity index (χ4v) is 2.07. The number of nitrogens with one attached hydrogen (secondary N) is 1. The van der Waals surface area contributed by atoms with E-state index in [4.69, 9.17) is 15.4 Å². The highest BCUT2D eigenvalue weighted by molar-refractivity contribution is 7.98. The quantitative estimate of drug-likeness (QED) is 0.298. The molecule has 1 heterocycles. The van der Waals surface area contributed by atoms with Crippen molar-refractivity contribution in [3.05, 3.63) is 23.2 Å². The van der Waals surface area contributed by atoms with E-state index >= 15 is 0 Å². The van der Waals surface area contributed by atoms with Crippen LogP contribution in [0.2, 0.25) is 0 Å². The van der Waals surface area contributed by atoms with Crippen molar-refractivity contribution in [1.29, 1.82) is 0 Å². The molecule has 5 nitrogen and oxygen atoms in total. The molecule has 1 aromatic heterocycles. The average Bonchev–Trinajstić information content (AvgIpc) is 2.65. The number of thioether (sulfide) groups is 1. The topological polar surface area (TPSA) is 88.5 Å². The van der Waals surface area contributed by atoms with Gasteiger partial charge in [-0.05, 0) is 25.2 Å². The molecule has 0 atom stereocenters. The Balaban J connectivity index is 2.52. The minimum absolute atomic E-state index is 0.199. The van der Waals surface area contributed by atoms with Crippen molar-refractivity contribution in [3.63, 3.8) is 0 Å². The number of carbonyl (C=O) groups is 1. The largest absolute Gasteiger partial charge is 0.455 e. The first-order valence-electron chi connectivity index (χ1n) is 4.98. The van der Waals surface area contributed by atoms with Crippen LogP contribution in [0.3, 0.4) is 0 Å². The first-order chi connectivity index (χ1) is 7.69. The van der Waals surface area contributed by atoms with E-state index in [-0.39, 0.29) is 12.4 Å². The molecule has 90 valence electrons. The number of aryl methyl sites for hydroxylation is 1. The smallest absolute Gasteiger partial charge is 0.301 e. The molecule has 0 fully saturated rings. The lowest BCUT2D eigenvalue weighted by atomic mass is 10.2. The number of hydrogen-bond donors (Lipinski definition) is 3. The molecule has 0 unspecified atom stereocenters. The van der Waals surface area contributed by atoms with Gasteiger partial charge in [0.25, 0.3) is 0 Å². The van der Waals surface area contributed by atoms with Crippen molar-refractivity contribution >= 4 is 17.7 Å². The summed E-state index contributed by atoms with van der Waals surface area (Å²) in [6.45, 7) is 2.00. The zero-order valence-corrected chi connectivity index (χ0v) is 9.97. The molecule has 0 radical (unpaired) electrons. The van der Waals surface area contributed by atoms with Gasteiger partial charge in [-0.1, -0.05) is 0 Å². The molecule has 4 N–H and O–H groups in total. The average molecular weight is 244 g/mol. The molecule has 6 heteroatoms. The van der Waals surface area contributed by atoms with Crippen molar-refractivity contribution < 1.29 is 14.3 Å². The van der Waals surface area contributed by atoms with Gasteiger partial charge < -0.3 is 9.52 Å². The zero-order chi connectivity index (χ0) is 12.0. The van der Waals surface area contributed by atoms with Gasteiger partial charge in [0, 0.05) is 12.2 Å². The number of amides is 1. The molecular weight excluding hydrogens is 228 g/mol. The van der Waals surface area contributed by atoms with E-state index in [1.54, 1.807) is 18.7 Å². The molecule has 0 bridgehead atoms. The number of nitrogens with two attached hydrogens (primary N) is 1. The van der Waals surface area contributed by atoms with Crippen LogP contribution >= 0.6 is 11.8 Å². The first kappa shape index (κ1) is 13.1. The number of nitrogen functional groups attached to an aromatic ring is 1. The van der Waals surface area contributed by atoms with Gasteiger partial charge in [0.15, 0.2) is 5.76 Å². The van der Waals surface area contributed by atoms with Crippen molar-refractivity contribution in [1.82, 2.24) is 5.43 Å². The van der Waals surface area contributed by atoms with E-state index in [1.165, 1.54) is 0 Å². The summed E-state index contributed by atoms with van der Waals surface area (Å²) in [6.07, 6.45) is 0.764. The molecule has 0 saturated heterocycles. The van der Waals surface area contributed by atoms with Gasteiger partial charge in [0.05, 0.1) is 5.75 Å². The van der Waals surface area contributed by atoms with Crippen LogP contribution in [0.1, 0.15) is 28.3 Å². The van der Waals surface area contributed by atoms with Crippen LogP contribution in [0, 0.1) is 6.92 Å². The summed E-state index contributed by atoms with van der Waals surface area (Å²) in [6, 6.07) is 1.83.